The molecule has 4 rings (SSSR count). The lowest BCUT2D eigenvalue weighted by atomic mass is 10.0. The van der Waals surface area contributed by atoms with E-state index in [2.05, 4.69) is 20.2 Å². The molecule has 0 radical (unpaired) electrons. The summed E-state index contributed by atoms with van der Waals surface area (Å²) in [5, 5.41) is 10.2. The van der Waals surface area contributed by atoms with Gasteiger partial charge >= 0.3 is 0 Å². The summed E-state index contributed by atoms with van der Waals surface area (Å²) in [6, 6.07) is -0.200. The van der Waals surface area contributed by atoms with E-state index in [0.29, 0.717) is 24.0 Å². The predicted molar refractivity (Wildman–Crippen MR) is 96.7 cm³/mol. The Balaban J connectivity index is 1.63. The Morgan fingerprint density at radius 1 is 1.27 bits per heavy atom. The van der Waals surface area contributed by atoms with Crippen LogP contribution < -0.4 is 0 Å². The molecular weight excluding hydrogens is 350 g/mol. The van der Waals surface area contributed by atoms with Crippen LogP contribution in [0, 0.1) is 13.8 Å². The van der Waals surface area contributed by atoms with E-state index in [9.17, 15) is 4.79 Å². The monoisotopic (exact) mass is 369 g/mol. The van der Waals surface area contributed by atoms with Gasteiger partial charge in [0, 0.05) is 29.2 Å². The van der Waals surface area contributed by atoms with Crippen LogP contribution in [0.15, 0.2) is 28.4 Å². The summed E-state index contributed by atoms with van der Waals surface area (Å²) < 4.78 is 5.84. The molecule has 0 saturated carbocycles. The second-order valence-electron chi connectivity index (χ2n) is 6.38. The third-order valence-electron chi connectivity index (χ3n) is 4.79. The fourth-order valence-corrected chi connectivity index (χ4v) is 4.05. The number of hydrogen-bond donors (Lipinski definition) is 0. The molecule has 0 unspecified atom stereocenters. The molecule has 4 heterocycles. The zero-order chi connectivity index (χ0) is 18.1. The van der Waals surface area contributed by atoms with Crippen LogP contribution in [-0.4, -0.2) is 37.5 Å². The first kappa shape index (κ1) is 16.8. The SMILES string of the molecule is Cc1scc(C(=O)N2CCCC[C@H]2c2nnc(-c3cnccn3)o2)c1C. The number of carbonyl (C=O) groups is 1. The van der Waals surface area contributed by atoms with Gasteiger partial charge in [0.2, 0.25) is 5.89 Å². The Morgan fingerprint density at radius 3 is 2.88 bits per heavy atom. The minimum absolute atomic E-state index is 0.0378. The van der Waals surface area contributed by atoms with E-state index in [0.717, 1.165) is 30.4 Å². The Kier molecular flexibility index (Phi) is 4.50. The van der Waals surface area contributed by atoms with Crippen LogP contribution in [0.3, 0.4) is 0 Å². The van der Waals surface area contributed by atoms with Gasteiger partial charge in [-0.2, -0.15) is 0 Å². The molecule has 0 aliphatic carbocycles. The van der Waals surface area contributed by atoms with E-state index in [-0.39, 0.29) is 11.9 Å². The van der Waals surface area contributed by atoms with Crippen molar-refractivity contribution in [3.63, 3.8) is 0 Å². The zero-order valence-electron chi connectivity index (χ0n) is 14.7. The van der Waals surface area contributed by atoms with Crippen molar-refractivity contribution in [2.75, 3.05) is 6.54 Å². The third-order valence-corrected chi connectivity index (χ3v) is 5.80. The lowest BCUT2D eigenvalue weighted by Gasteiger charge is -2.33. The molecule has 0 aromatic carbocycles. The number of rotatable bonds is 3. The standard InChI is InChI=1S/C18H19N5O2S/c1-11-12(2)26-10-13(11)18(24)23-8-4-3-5-15(23)17-22-21-16(25-17)14-9-19-6-7-20-14/h6-7,9-10,15H,3-5,8H2,1-2H3/t15-/m0/s1. The van der Waals surface area contributed by atoms with Crippen LogP contribution in [-0.2, 0) is 0 Å². The van der Waals surface area contributed by atoms with Crippen LogP contribution in [0.5, 0.6) is 0 Å². The van der Waals surface area contributed by atoms with Crippen molar-refractivity contribution in [2.24, 2.45) is 0 Å². The van der Waals surface area contributed by atoms with Crippen molar-refractivity contribution in [2.45, 2.75) is 39.2 Å². The number of piperidine rings is 1. The fourth-order valence-electron chi connectivity index (χ4n) is 3.19. The van der Waals surface area contributed by atoms with Gasteiger partial charge in [0.1, 0.15) is 11.7 Å². The van der Waals surface area contributed by atoms with Crippen LogP contribution in [0.2, 0.25) is 0 Å². The smallest absolute Gasteiger partial charge is 0.267 e. The molecule has 0 N–H and O–H groups in total. The Morgan fingerprint density at radius 2 is 2.15 bits per heavy atom. The maximum atomic E-state index is 13.1. The van der Waals surface area contributed by atoms with Crippen LogP contribution >= 0.6 is 11.3 Å². The highest BCUT2D eigenvalue weighted by molar-refractivity contribution is 7.10. The zero-order valence-corrected chi connectivity index (χ0v) is 15.5. The van der Waals surface area contributed by atoms with E-state index >= 15 is 0 Å². The van der Waals surface area contributed by atoms with Gasteiger partial charge in [-0.3, -0.25) is 9.78 Å². The predicted octanol–water partition coefficient (Wildman–Crippen LogP) is 3.57. The molecule has 0 bridgehead atoms. The molecular formula is C18H19N5O2S. The topological polar surface area (TPSA) is 85.0 Å². The molecule has 1 saturated heterocycles. The summed E-state index contributed by atoms with van der Waals surface area (Å²) in [6.45, 7) is 4.73. The number of hydrogen-bond acceptors (Lipinski definition) is 7. The van der Waals surface area contributed by atoms with Gasteiger partial charge in [-0.15, -0.1) is 21.5 Å². The van der Waals surface area contributed by atoms with Crippen molar-refractivity contribution < 1.29 is 9.21 Å². The van der Waals surface area contributed by atoms with E-state index in [1.165, 1.54) is 4.88 Å². The van der Waals surface area contributed by atoms with Crippen molar-refractivity contribution in [3.05, 3.63) is 45.9 Å². The number of carbonyl (C=O) groups excluding carboxylic acids is 1. The second kappa shape index (κ2) is 6.95. The van der Waals surface area contributed by atoms with E-state index in [1.54, 1.807) is 29.9 Å². The lowest BCUT2D eigenvalue weighted by molar-refractivity contribution is 0.0572. The van der Waals surface area contributed by atoms with Crippen molar-refractivity contribution in [3.8, 4) is 11.6 Å². The molecule has 7 nitrogen and oxygen atoms in total. The molecule has 3 aromatic heterocycles. The third kappa shape index (κ3) is 3.01. The maximum absolute atomic E-state index is 13.1. The summed E-state index contributed by atoms with van der Waals surface area (Å²) in [5.41, 5.74) is 2.35. The summed E-state index contributed by atoms with van der Waals surface area (Å²) in [4.78, 5) is 24.4. The van der Waals surface area contributed by atoms with Crippen LogP contribution in [0.4, 0.5) is 0 Å². The Hall–Kier alpha value is -2.61. The molecule has 1 aliphatic heterocycles. The average molecular weight is 369 g/mol. The first-order chi connectivity index (χ1) is 12.6. The molecule has 1 amide bonds. The van der Waals surface area contributed by atoms with E-state index in [1.807, 2.05) is 24.1 Å². The average Bonchev–Trinajstić information content (AvgIpc) is 3.30. The molecule has 3 aromatic rings. The van der Waals surface area contributed by atoms with Crippen LogP contribution in [0.1, 0.15) is 52.0 Å². The number of aryl methyl sites for hydroxylation is 1. The highest BCUT2D eigenvalue weighted by Gasteiger charge is 2.33. The van der Waals surface area contributed by atoms with Gasteiger partial charge in [0.25, 0.3) is 11.8 Å². The number of likely N-dealkylation sites (tertiary alicyclic amines) is 1. The second-order valence-corrected chi connectivity index (χ2v) is 7.46. The van der Waals surface area contributed by atoms with Crippen LogP contribution in [0.25, 0.3) is 11.6 Å². The van der Waals surface area contributed by atoms with Crippen molar-refractivity contribution >= 4 is 17.2 Å². The Labute approximate surface area is 155 Å². The fraction of sp³-hybridized carbons (Fsp3) is 0.389. The Bertz CT molecular complexity index is 921. The highest BCUT2D eigenvalue weighted by Crippen LogP contribution is 2.34. The summed E-state index contributed by atoms with van der Waals surface area (Å²) in [5.74, 6) is 0.827. The van der Waals surface area contributed by atoms with E-state index < -0.39 is 0 Å². The highest BCUT2D eigenvalue weighted by atomic mass is 32.1. The summed E-state index contributed by atoms with van der Waals surface area (Å²) in [7, 11) is 0. The largest absolute Gasteiger partial charge is 0.417 e. The first-order valence-corrected chi connectivity index (χ1v) is 9.48. The van der Waals surface area contributed by atoms with Crippen molar-refractivity contribution in [1.29, 1.82) is 0 Å². The minimum atomic E-state index is -0.200. The lowest BCUT2D eigenvalue weighted by Crippen LogP contribution is -2.38. The molecule has 1 atom stereocenters. The minimum Gasteiger partial charge on any atom is -0.417 e. The maximum Gasteiger partial charge on any atom is 0.267 e. The molecule has 8 heteroatoms. The first-order valence-electron chi connectivity index (χ1n) is 8.60. The number of nitrogens with zero attached hydrogens (tertiary/aromatic N) is 5. The van der Waals surface area contributed by atoms with Gasteiger partial charge in [-0.05, 0) is 38.7 Å². The molecule has 1 aliphatic rings. The number of thiophene rings is 1. The molecule has 0 spiro atoms. The summed E-state index contributed by atoms with van der Waals surface area (Å²) in [6.07, 6.45) is 7.58. The van der Waals surface area contributed by atoms with Gasteiger partial charge < -0.3 is 9.32 Å². The van der Waals surface area contributed by atoms with Gasteiger partial charge in [0.05, 0.1) is 11.8 Å². The van der Waals surface area contributed by atoms with E-state index in [4.69, 9.17) is 4.42 Å². The number of amides is 1. The van der Waals surface area contributed by atoms with Crippen molar-refractivity contribution in [1.82, 2.24) is 25.1 Å². The van der Waals surface area contributed by atoms with Gasteiger partial charge in [0.15, 0.2) is 0 Å². The normalized spacial score (nSPS) is 17.5. The summed E-state index contributed by atoms with van der Waals surface area (Å²) >= 11 is 1.61. The van der Waals surface area contributed by atoms with Gasteiger partial charge in [-0.25, -0.2) is 4.98 Å². The van der Waals surface area contributed by atoms with Gasteiger partial charge in [-0.1, -0.05) is 0 Å². The number of aromatic nitrogens is 4. The molecule has 1 fully saturated rings. The molecule has 134 valence electrons. The quantitative estimate of drug-likeness (QED) is 0.701. The molecule has 26 heavy (non-hydrogen) atoms.